The molecule has 0 rings (SSSR count). The number of methoxy groups -OCH3 is 1. The van der Waals surface area contributed by atoms with Crippen LogP contribution in [-0.2, 0) is 4.74 Å². The first-order valence-corrected chi connectivity index (χ1v) is 3.53. The molecule has 0 heterocycles. The fourth-order valence-electron chi connectivity index (χ4n) is 0.608. The highest BCUT2D eigenvalue weighted by Gasteiger charge is 2.36. The van der Waals surface area contributed by atoms with E-state index in [0.29, 0.717) is 0 Å². The van der Waals surface area contributed by atoms with Crippen LogP contribution >= 0.6 is 0 Å². The highest BCUT2D eigenvalue weighted by Crippen LogP contribution is 2.32. The zero-order valence-corrected chi connectivity index (χ0v) is 7.56. The monoisotopic (exact) mass is 146 g/mol. The summed E-state index contributed by atoms with van der Waals surface area (Å²) in [6, 6.07) is 0. The van der Waals surface area contributed by atoms with Crippen LogP contribution in [0.3, 0.4) is 0 Å². The average molecular weight is 146 g/mol. The molecule has 0 amide bonds. The second kappa shape index (κ2) is 2.89. The Labute approximate surface area is 63.2 Å². The second-order valence-electron chi connectivity index (χ2n) is 3.84. The van der Waals surface area contributed by atoms with Crippen LogP contribution in [0.1, 0.15) is 27.7 Å². The van der Waals surface area contributed by atoms with Crippen LogP contribution in [-0.4, -0.2) is 24.4 Å². The largest absolute Gasteiger partial charge is 0.393 e. The minimum absolute atomic E-state index is 0.0174. The quantitative estimate of drug-likeness (QED) is 0.638. The van der Waals surface area contributed by atoms with Gasteiger partial charge in [0.1, 0.15) is 0 Å². The molecule has 62 valence electrons. The summed E-state index contributed by atoms with van der Waals surface area (Å²) in [6.45, 7) is 8.12. The van der Waals surface area contributed by atoms with Gasteiger partial charge in [-0.25, -0.2) is 0 Å². The second-order valence-corrected chi connectivity index (χ2v) is 3.84. The molecule has 1 unspecified atom stereocenters. The van der Waals surface area contributed by atoms with Gasteiger partial charge in [-0.1, -0.05) is 20.8 Å². The number of ether oxygens (including phenoxy) is 1. The summed E-state index contributed by atoms with van der Waals surface area (Å²) >= 11 is 0. The number of hydrogen-bond acceptors (Lipinski definition) is 2. The summed E-state index contributed by atoms with van der Waals surface area (Å²) in [5.41, 5.74) is -0.441. The normalized spacial score (nSPS) is 18.6. The van der Waals surface area contributed by atoms with E-state index >= 15 is 0 Å². The molecule has 0 aliphatic rings. The maximum Gasteiger partial charge on any atom is 0.0928 e. The predicted molar refractivity (Wildman–Crippen MR) is 42.0 cm³/mol. The van der Waals surface area contributed by atoms with Crippen molar-refractivity contribution in [2.24, 2.45) is 5.41 Å². The first-order valence-electron chi connectivity index (χ1n) is 3.53. The maximum absolute atomic E-state index is 9.00. The molecule has 0 saturated carbocycles. The topological polar surface area (TPSA) is 29.5 Å². The zero-order chi connectivity index (χ0) is 8.41. The average Bonchev–Trinajstić information content (AvgIpc) is 1.84. The lowest BCUT2D eigenvalue weighted by Gasteiger charge is -2.38. The Kier molecular flexibility index (Phi) is 2.86. The van der Waals surface area contributed by atoms with Gasteiger partial charge in [0.15, 0.2) is 0 Å². The summed E-state index contributed by atoms with van der Waals surface area (Å²) in [5, 5.41) is 9.00. The summed E-state index contributed by atoms with van der Waals surface area (Å²) in [4.78, 5) is 0. The predicted octanol–water partition coefficient (Wildman–Crippen LogP) is 1.43. The molecule has 0 aromatic rings. The van der Waals surface area contributed by atoms with E-state index in [-0.39, 0.29) is 12.0 Å². The van der Waals surface area contributed by atoms with Crippen LogP contribution in [0.4, 0.5) is 0 Å². The van der Waals surface area contributed by atoms with E-state index in [1.54, 1.807) is 7.11 Å². The third-order valence-corrected chi connectivity index (χ3v) is 2.34. The van der Waals surface area contributed by atoms with Gasteiger partial charge in [-0.05, 0) is 12.3 Å². The maximum atomic E-state index is 9.00. The summed E-state index contributed by atoms with van der Waals surface area (Å²) < 4.78 is 5.20. The number of hydrogen-bond donors (Lipinski definition) is 1. The van der Waals surface area contributed by atoms with Crippen LogP contribution in [0.15, 0.2) is 0 Å². The fraction of sp³-hybridized carbons (Fsp3) is 1.00. The Balaban J connectivity index is 4.33. The Hall–Kier alpha value is -0.0800. The first kappa shape index (κ1) is 9.92. The van der Waals surface area contributed by atoms with E-state index in [9.17, 15) is 0 Å². The molecule has 0 aliphatic heterocycles. The summed E-state index contributed by atoms with van der Waals surface area (Å²) in [5.74, 6) is 0. The molecule has 2 nitrogen and oxygen atoms in total. The lowest BCUT2D eigenvalue weighted by molar-refractivity contribution is -0.109. The van der Waals surface area contributed by atoms with E-state index in [0.717, 1.165) is 0 Å². The van der Waals surface area contributed by atoms with Crippen LogP contribution in [0.2, 0.25) is 0 Å². The number of aliphatic hydroxyl groups is 1. The molecule has 2 heteroatoms. The zero-order valence-electron chi connectivity index (χ0n) is 7.56. The lowest BCUT2D eigenvalue weighted by atomic mass is 9.78. The molecule has 0 aliphatic carbocycles. The van der Waals surface area contributed by atoms with Crippen LogP contribution in [0.25, 0.3) is 0 Å². The van der Waals surface area contributed by atoms with Gasteiger partial charge in [0.2, 0.25) is 0 Å². The van der Waals surface area contributed by atoms with Gasteiger partial charge in [0.05, 0.1) is 12.2 Å². The van der Waals surface area contributed by atoms with Crippen molar-refractivity contribution in [3.05, 3.63) is 0 Å². The van der Waals surface area contributed by atoms with E-state index in [1.165, 1.54) is 0 Å². The molecule has 1 atom stereocenters. The van der Waals surface area contributed by atoms with Crippen LogP contribution in [0, 0.1) is 5.41 Å². The minimum atomic E-state index is -0.424. The van der Waals surface area contributed by atoms with Crippen molar-refractivity contribution < 1.29 is 9.84 Å². The number of aliphatic hydroxyl groups excluding tert-OH is 1. The van der Waals surface area contributed by atoms with Gasteiger partial charge >= 0.3 is 0 Å². The SMILES string of the molecule is COC(C)(CO)C(C)(C)C. The number of rotatable bonds is 2. The first-order chi connectivity index (χ1) is 4.37. The molecule has 0 spiro atoms. The third kappa shape index (κ3) is 1.70. The smallest absolute Gasteiger partial charge is 0.0928 e. The molecule has 10 heavy (non-hydrogen) atoms. The standard InChI is InChI=1S/C8H18O2/c1-7(2,3)8(4,6-9)10-5/h9H,6H2,1-5H3. The molecule has 0 saturated heterocycles. The van der Waals surface area contributed by atoms with Crippen molar-refractivity contribution in [3.63, 3.8) is 0 Å². The fourth-order valence-corrected chi connectivity index (χ4v) is 0.608. The molecule has 0 fully saturated rings. The van der Waals surface area contributed by atoms with E-state index < -0.39 is 5.60 Å². The Morgan fingerprint density at radius 2 is 1.60 bits per heavy atom. The van der Waals surface area contributed by atoms with Crippen molar-refractivity contribution in [2.45, 2.75) is 33.3 Å². The summed E-state index contributed by atoms with van der Waals surface area (Å²) in [7, 11) is 1.63. The summed E-state index contributed by atoms with van der Waals surface area (Å²) in [6.07, 6.45) is 0. The third-order valence-electron chi connectivity index (χ3n) is 2.34. The van der Waals surface area contributed by atoms with E-state index in [4.69, 9.17) is 9.84 Å². The molecule has 0 bridgehead atoms. The van der Waals surface area contributed by atoms with Crippen LogP contribution in [0.5, 0.6) is 0 Å². The van der Waals surface area contributed by atoms with Gasteiger partial charge in [0.25, 0.3) is 0 Å². The lowest BCUT2D eigenvalue weighted by Crippen LogP contribution is -2.45. The van der Waals surface area contributed by atoms with Crippen LogP contribution < -0.4 is 0 Å². The van der Waals surface area contributed by atoms with Gasteiger partial charge in [-0.15, -0.1) is 0 Å². The van der Waals surface area contributed by atoms with Gasteiger partial charge in [-0.2, -0.15) is 0 Å². The van der Waals surface area contributed by atoms with Gasteiger partial charge < -0.3 is 9.84 Å². The van der Waals surface area contributed by atoms with Crippen molar-refractivity contribution in [3.8, 4) is 0 Å². The molecule has 1 N–H and O–H groups in total. The Morgan fingerprint density at radius 3 is 1.60 bits per heavy atom. The highest BCUT2D eigenvalue weighted by atomic mass is 16.5. The van der Waals surface area contributed by atoms with Gasteiger partial charge in [0, 0.05) is 7.11 Å². The molecular weight excluding hydrogens is 128 g/mol. The van der Waals surface area contributed by atoms with Crippen molar-refractivity contribution in [1.29, 1.82) is 0 Å². The van der Waals surface area contributed by atoms with Gasteiger partial charge in [-0.3, -0.25) is 0 Å². The van der Waals surface area contributed by atoms with Crippen molar-refractivity contribution in [1.82, 2.24) is 0 Å². The minimum Gasteiger partial charge on any atom is -0.393 e. The van der Waals surface area contributed by atoms with Crippen molar-refractivity contribution >= 4 is 0 Å². The van der Waals surface area contributed by atoms with Crippen molar-refractivity contribution in [2.75, 3.05) is 13.7 Å². The van der Waals surface area contributed by atoms with E-state index in [1.807, 2.05) is 27.7 Å². The Morgan fingerprint density at radius 1 is 1.20 bits per heavy atom. The van der Waals surface area contributed by atoms with E-state index in [2.05, 4.69) is 0 Å². The molecule has 0 aromatic heterocycles. The Bertz CT molecular complexity index is 98.3. The highest BCUT2D eigenvalue weighted by molar-refractivity contribution is 4.86. The molecule has 0 radical (unpaired) electrons. The molecular formula is C8H18O2. The molecule has 0 aromatic carbocycles.